The van der Waals surface area contributed by atoms with Crippen LogP contribution in [-0.2, 0) is 4.74 Å². The Kier molecular flexibility index (Phi) is 5.42. The third-order valence-corrected chi connectivity index (χ3v) is 4.14. The van der Waals surface area contributed by atoms with Crippen molar-refractivity contribution in [2.75, 3.05) is 30.8 Å². The van der Waals surface area contributed by atoms with Gasteiger partial charge in [-0.15, -0.1) is 0 Å². The quantitative estimate of drug-likeness (QED) is 0.864. The lowest BCUT2D eigenvalue weighted by molar-refractivity contribution is 0.0594. The zero-order valence-corrected chi connectivity index (χ0v) is 13.0. The van der Waals surface area contributed by atoms with Crippen LogP contribution in [0, 0.1) is 5.92 Å². The number of rotatable bonds is 4. The third kappa shape index (κ3) is 3.86. The molecule has 2 N–H and O–H groups in total. The van der Waals surface area contributed by atoms with Crippen LogP contribution in [0.4, 0.5) is 11.5 Å². The SMILES string of the molecule is CCCC1CCCN(c2nc(C(=O)OC)ccc2N)CC1. The van der Waals surface area contributed by atoms with Crippen molar-refractivity contribution in [3.63, 3.8) is 0 Å². The summed E-state index contributed by atoms with van der Waals surface area (Å²) in [6.45, 7) is 4.14. The van der Waals surface area contributed by atoms with E-state index in [2.05, 4.69) is 16.8 Å². The summed E-state index contributed by atoms with van der Waals surface area (Å²) in [6, 6.07) is 3.35. The van der Waals surface area contributed by atoms with Crippen LogP contribution >= 0.6 is 0 Å². The first-order chi connectivity index (χ1) is 10.2. The molecule has 0 saturated carbocycles. The number of nitrogens with two attached hydrogens (primary N) is 1. The number of anilines is 2. The molecular formula is C16H25N3O2. The molecule has 0 spiro atoms. The van der Waals surface area contributed by atoms with Crippen molar-refractivity contribution in [3.8, 4) is 0 Å². The van der Waals surface area contributed by atoms with Gasteiger partial charge < -0.3 is 15.4 Å². The number of ether oxygens (including phenoxy) is 1. The Morgan fingerprint density at radius 3 is 2.95 bits per heavy atom. The summed E-state index contributed by atoms with van der Waals surface area (Å²) in [4.78, 5) is 18.2. The van der Waals surface area contributed by atoms with E-state index in [9.17, 15) is 4.79 Å². The maximum atomic E-state index is 11.6. The predicted molar refractivity (Wildman–Crippen MR) is 84.5 cm³/mol. The zero-order chi connectivity index (χ0) is 15.2. The molecule has 1 saturated heterocycles. The van der Waals surface area contributed by atoms with Crippen molar-refractivity contribution in [2.24, 2.45) is 5.92 Å². The highest BCUT2D eigenvalue weighted by molar-refractivity contribution is 5.88. The fourth-order valence-corrected chi connectivity index (χ4v) is 3.00. The number of pyridine rings is 1. The second kappa shape index (κ2) is 7.29. The van der Waals surface area contributed by atoms with Gasteiger partial charge in [0.25, 0.3) is 0 Å². The molecule has 2 rings (SSSR count). The molecule has 5 heteroatoms. The molecule has 0 aliphatic carbocycles. The topological polar surface area (TPSA) is 68.5 Å². The van der Waals surface area contributed by atoms with Crippen LogP contribution in [0.15, 0.2) is 12.1 Å². The Morgan fingerprint density at radius 2 is 2.24 bits per heavy atom. The van der Waals surface area contributed by atoms with Crippen LogP contribution in [0.25, 0.3) is 0 Å². The average molecular weight is 291 g/mol. The minimum atomic E-state index is -0.421. The number of carbonyl (C=O) groups is 1. The van der Waals surface area contributed by atoms with Crippen LogP contribution in [0.3, 0.4) is 0 Å². The van der Waals surface area contributed by atoms with Crippen LogP contribution in [0.5, 0.6) is 0 Å². The molecule has 1 atom stereocenters. The number of esters is 1. The van der Waals surface area contributed by atoms with Crippen LogP contribution in [0.1, 0.15) is 49.5 Å². The standard InChI is InChI=1S/C16H25N3O2/c1-3-5-12-6-4-10-19(11-9-12)15-13(17)7-8-14(18-15)16(20)21-2/h7-8,12H,3-6,9-11,17H2,1-2H3. The monoisotopic (exact) mass is 291 g/mol. The molecule has 1 fully saturated rings. The maximum absolute atomic E-state index is 11.6. The van der Waals surface area contributed by atoms with Gasteiger partial charge in [-0.3, -0.25) is 0 Å². The van der Waals surface area contributed by atoms with Crippen LogP contribution in [-0.4, -0.2) is 31.2 Å². The van der Waals surface area contributed by atoms with E-state index >= 15 is 0 Å². The van der Waals surface area contributed by atoms with E-state index in [0.717, 1.165) is 37.7 Å². The van der Waals surface area contributed by atoms with Gasteiger partial charge in [0, 0.05) is 13.1 Å². The highest BCUT2D eigenvalue weighted by Gasteiger charge is 2.20. The van der Waals surface area contributed by atoms with E-state index in [0.29, 0.717) is 11.4 Å². The summed E-state index contributed by atoms with van der Waals surface area (Å²) in [5.74, 6) is 1.09. The molecule has 1 aliphatic rings. The van der Waals surface area contributed by atoms with E-state index in [4.69, 9.17) is 10.5 Å². The second-order valence-corrected chi connectivity index (χ2v) is 5.67. The molecule has 1 aromatic rings. The van der Waals surface area contributed by atoms with E-state index in [-0.39, 0.29) is 0 Å². The summed E-state index contributed by atoms with van der Waals surface area (Å²) in [5, 5.41) is 0. The van der Waals surface area contributed by atoms with Gasteiger partial charge >= 0.3 is 5.97 Å². The molecule has 1 unspecified atom stereocenters. The van der Waals surface area contributed by atoms with Gasteiger partial charge in [0.15, 0.2) is 11.5 Å². The van der Waals surface area contributed by atoms with Gasteiger partial charge in [-0.05, 0) is 37.3 Å². The van der Waals surface area contributed by atoms with Gasteiger partial charge in [-0.25, -0.2) is 9.78 Å². The maximum Gasteiger partial charge on any atom is 0.356 e. The van der Waals surface area contributed by atoms with Crippen molar-refractivity contribution in [1.82, 2.24) is 4.98 Å². The van der Waals surface area contributed by atoms with Gasteiger partial charge in [0.1, 0.15) is 0 Å². The summed E-state index contributed by atoms with van der Waals surface area (Å²) in [5.41, 5.74) is 6.99. The van der Waals surface area contributed by atoms with Gasteiger partial charge in [-0.1, -0.05) is 19.8 Å². The Hall–Kier alpha value is -1.78. The summed E-state index contributed by atoms with van der Waals surface area (Å²) in [6.07, 6.45) is 6.11. The minimum Gasteiger partial charge on any atom is -0.464 e. The van der Waals surface area contributed by atoms with Gasteiger partial charge in [0.05, 0.1) is 12.8 Å². The van der Waals surface area contributed by atoms with Crippen molar-refractivity contribution >= 4 is 17.5 Å². The van der Waals surface area contributed by atoms with Crippen molar-refractivity contribution in [2.45, 2.75) is 39.0 Å². The molecule has 0 amide bonds. The lowest BCUT2D eigenvalue weighted by Gasteiger charge is -2.23. The number of hydrogen-bond acceptors (Lipinski definition) is 5. The minimum absolute atomic E-state index is 0.316. The Bertz CT molecular complexity index is 490. The first-order valence-corrected chi connectivity index (χ1v) is 7.75. The van der Waals surface area contributed by atoms with Crippen molar-refractivity contribution < 1.29 is 9.53 Å². The molecule has 0 bridgehead atoms. The molecule has 0 aromatic carbocycles. The Labute approximate surface area is 126 Å². The summed E-state index contributed by atoms with van der Waals surface area (Å²) in [7, 11) is 1.36. The number of carbonyl (C=O) groups excluding carboxylic acids is 1. The van der Waals surface area contributed by atoms with E-state index in [1.807, 2.05) is 0 Å². The second-order valence-electron chi connectivity index (χ2n) is 5.67. The lowest BCUT2D eigenvalue weighted by Crippen LogP contribution is -2.27. The molecule has 1 aliphatic heterocycles. The normalized spacial score (nSPS) is 19.1. The fourth-order valence-electron chi connectivity index (χ4n) is 3.00. The largest absolute Gasteiger partial charge is 0.464 e. The van der Waals surface area contributed by atoms with Gasteiger partial charge in [0.2, 0.25) is 0 Å². The van der Waals surface area contributed by atoms with E-state index in [1.54, 1.807) is 12.1 Å². The van der Waals surface area contributed by atoms with Crippen molar-refractivity contribution in [3.05, 3.63) is 17.8 Å². The van der Waals surface area contributed by atoms with Crippen LogP contribution in [0.2, 0.25) is 0 Å². The Balaban J connectivity index is 2.15. The number of nitrogens with zero attached hydrogens (tertiary/aromatic N) is 2. The first kappa shape index (κ1) is 15.6. The molecule has 5 nitrogen and oxygen atoms in total. The molecule has 0 radical (unpaired) electrons. The highest BCUT2D eigenvalue weighted by Crippen LogP contribution is 2.27. The molecule has 1 aromatic heterocycles. The number of methoxy groups -OCH3 is 1. The molecule has 21 heavy (non-hydrogen) atoms. The molecule has 116 valence electrons. The molecular weight excluding hydrogens is 266 g/mol. The van der Waals surface area contributed by atoms with E-state index < -0.39 is 5.97 Å². The van der Waals surface area contributed by atoms with E-state index in [1.165, 1.54) is 26.4 Å². The molecule has 2 heterocycles. The first-order valence-electron chi connectivity index (χ1n) is 7.75. The number of aromatic nitrogens is 1. The van der Waals surface area contributed by atoms with Crippen LogP contribution < -0.4 is 10.6 Å². The smallest absolute Gasteiger partial charge is 0.356 e. The summed E-state index contributed by atoms with van der Waals surface area (Å²) < 4.78 is 4.73. The predicted octanol–water partition coefficient (Wildman–Crippen LogP) is 2.86. The Morgan fingerprint density at radius 1 is 1.43 bits per heavy atom. The summed E-state index contributed by atoms with van der Waals surface area (Å²) >= 11 is 0. The number of hydrogen-bond donors (Lipinski definition) is 1. The average Bonchev–Trinajstić information content (AvgIpc) is 2.73. The highest BCUT2D eigenvalue weighted by atomic mass is 16.5. The lowest BCUT2D eigenvalue weighted by atomic mass is 9.96. The number of nitrogen functional groups attached to an aromatic ring is 1. The van der Waals surface area contributed by atoms with Gasteiger partial charge in [-0.2, -0.15) is 0 Å². The zero-order valence-electron chi connectivity index (χ0n) is 13.0. The fraction of sp³-hybridized carbons (Fsp3) is 0.625. The van der Waals surface area contributed by atoms with Crippen molar-refractivity contribution in [1.29, 1.82) is 0 Å². The third-order valence-electron chi connectivity index (χ3n) is 4.14.